The Labute approximate surface area is 133 Å². The number of fused-ring (bicyclic) bond motifs is 1. The topological polar surface area (TPSA) is 77.5 Å². The third-order valence-corrected chi connectivity index (χ3v) is 4.02. The molecular weight excluding hydrogens is 326 g/mol. The maximum atomic E-state index is 12.1. The fourth-order valence-electron chi connectivity index (χ4n) is 1.95. The number of imidazole rings is 1. The minimum absolute atomic E-state index is 0.123. The van der Waals surface area contributed by atoms with E-state index in [0.29, 0.717) is 10.8 Å². The molecule has 2 heterocycles. The number of nitrogens with zero attached hydrogens (tertiary/aromatic N) is 3. The number of carbonyl (C=O) groups is 1. The SMILES string of the molecule is O=C(/C=C/c1c(Cl)nc2sccn12)c1cccc([N+](=O)[O-])c1. The Balaban J connectivity index is 1.90. The van der Waals surface area contributed by atoms with Crippen LogP contribution in [0.4, 0.5) is 5.69 Å². The zero-order valence-electron chi connectivity index (χ0n) is 11.0. The molecule has 0 amide bonds. The average molecular weight is 334 g/mol. The molecule has 1 aromatic carbocycles. The first-order chi connectivity index (χ1) is 10.6. The number of aromatic nitrogens is 2. The first kappa shape index (κ1) is 14.4. The van der Waals surface area contributed by atoms with Crippen LogP contribution in [-0.2, 0) is 0 Å². The number of non-ortho nitro benzene ring substituents is 1. The molecule has 6 nitrogen and oxygen atoms in total. The van der Waals surface area contributed by atoms with Crippen LogP contribution in [0.15, 0.2) is 41.9 Å². The lowest BCUT2D eigenvalue weighted by atomic mass is 10.1. The molecule has 0 N–H and O–H groups in total. The molecule has 0 aliphatic carbocycles. The molecule has 0 aliphatic rings. The molecule has 2 aromatic heterocycles. The first-order valence-electron chi connectivity index (χ1n) is 6.14. The molecule has 0 atom stereocenters. The highest BCUT2D eigenvalue weighted by Gasteiger charge is 2.11. The Morgan fingerprint density at radius 2 is 2.27 bits per heavy atom. The predicted molar refractivity (Wildman–Crippen MR) is 84.5 cm³/mol. The van der Waals surface area contributed by atoms with Crippen molar-refractivity contribution in [1.82, 2.24) is 9.38 Å². The largest absolute Gasteiger partial charge is 0.289 e. The second-order valence-corrected chi connectivity index (χ2v) is 5.58. The number of allylic oxidation sites excluding steroid dienone is 1. The van der Waals surface area contributed by atoms with Crippen LogP contribution in [0, 0.1) is 10.1 Å². The van der Waals surface area contributed by atoms with Crippen molar-refractivity contribution in [2.45, 2.75) is 0 Å². The van der Waals surface area contributed by atoms with E-state index in [0.717, 1.165) is 4.96 Å². The van der Waals surface area contributed by atoms with Gasteiger partial charge >= 0.3 is 0 Å². The number of carbonyl (C=O) groups excluding carboxylic acids is 1. The van der Waals surface area contributed by atoms with E-state index in [1.807, 2.05) is 5.38 Å². The van der Waals surface area contributed by atoms with Crippen molar-refractivity contribution in [3.05, 3.63) is 68.4 Å². The van der Waals surface area contributed by atoms with E-state index in [4.69, 9.17) is 11.6 Å². The molecule has 3 rings (SSSR count). The number of ketones is 1. The van der Waals surface area contributed by atoms with Gasteiger partial charge in [-0.3, -0.25) is 19.3 Å². The van der Waals surface area contributed by atoms with Gasteiger partial charge in [0.05, 0.1) is 10.6 Å². The number of rotatable bonds is 4. The zero-order valence-corrected chi connectivity index (χ0v) is 12.5. The Bertz CT molecular complexity index is 913. The number of nitro groups is 1. The van der Waals surface area contributed by atoms with Gasteiger partial charge in [0, 0.05) is 29.3 Å². The smallest absolute Gasteiger partial charge is 0.270 e. The maximum Gasteiger partial charge on any atom is 0.270 e. The van der Waals surface area contributed by atoms with Gasteiger partial charge in [0.2, 0.25) is 0 Å². The van der Waals surface area contributed by atoms with Crippen LogP contribution in [0.5, 0.6) is 0 Å². The van der Waals surface area contributed by atoms with Crippen molar-refractivity contribution in [2.24, 2.45) is 0 Å². The molecule has 8 heteroatoms. The van der Waals surface area contributed by atoms with Crippen molar-refractivity contribution >= 4 is 45.4 Å². The molecule has 0 saturated carbocycles. The minimum Gasteiger partial charge on any atom is -0.289 e. The summed E-state index contributed by atoms with van der Waals surface area (Å²) in [7, 11) is 0. The normalized spacial score (nSPS) is 11.3. The summed E-state index contributed by atoms with van der Waals surface area (Å²) in [6.07, 6.45) is 4.68. The van der Waals surface area contributed by atoms with Gasteiger partial charge in [-0.25, -0.2) is 4.98 Å². The summed E-state index contributed by atoms with van der Waals surface area (Å²) < 4.78 is 1.77. The average Bonchev–Trinajstić information content (AvgIpc) is 3.06. The summed E-state index contributed by atoms with van der Waals surface area (Å²) in [5.41, 5.74) is 0.714. The molecule has 0 unspecified atom stereocenters. The highest BCUT2D eigenvalue weighted by molar-refractivity contribution is 7.15. The number of hydrogen-bond donors (Lipinski definition) is 0. The van der Waals surface area contributed by atoms with Crippen LogP contribution in [0.25, 0.3) is 11.0 Å². The highest BCUT2D eigenvalue weighted by Crippen LogP contribution is 2.22. The van der Waals surface area contributed by atoms with Gasteiger partial charge in [-0.1, -0.05) is 23.7 Å². The van der Waals surface area contributed by atoms with Gasteiger partial charge in [0.1, 0.15) is 0 Å². The molecule has 110 valence electrons. The molecule has 0 fully saturated rings. The standard InChI is InChI=1S/C14H8ClN3O3S/c15-13-11(17-6-7-22-14(17)16-13)4-5-12(19)9-2-1-3-10(8-9)18(20)21/h1-8H/b5-4+. The summed E-state index contributed by atoms with van der Waals surface area (Å²) in [6, 6.07) is 5.58. The first-order valence-corrected chi connectivity index (χ1v) is 7.40. The van der Waals surface area contributed by atoms with Gasteiger partial charge in [-0.2, -0.15) is 0 Å². The van der Waals surface area contributed by atoms with Gasteiger partial charge in [-0.05, 0) is 12.2 Å². The van der Waals surface area contributed by atoms with Crippen molar-refractivity contribution in [3.8, 4) is 0 Å². The lowest BCUT2D eigenvalue weighted by Crippen LogP contribution is -1.96. The monoisotopic (exact) mass is 333 g/mol. The van der Waals surface area contributed by atoms with Gasteiger partial charge in [0.15, 0.2) is 15.9 Å². The number of thiazole rings is 1. The van der Waals surface area contributed by atoms with Gasteiger partial charge < -0.3 is 0 Å². The lowest BCUT2D eigenvalue weighted by Gasteiger charge is -1.96. The number of benzene rings is 1. The van der Waals surface area contributed by atoms with Crippen LogP contribution < -0.4 is 0 Å². The summed E-state index contributed by atoms with van der Waals surface area (Å²) in [4.78, 5) is 27.2. The highest BCUT2D eigenvalue weighted by atomic mass is 35.5. The summed E-state index contributed by atoms with van der Waals surface area (Å²) in [5.74, 6) is -0.343. The fraction of sp³-hybridized carbons (Fsp3) is 0. The fourth-order valence-corrected chi connectivity index (χ4v) is 2.95. The van der Waals surface area contributed by atoms with E-state index < -0.39 is 4.92 Å². The summed E-state index contributed by atoms with van der Waals surface area (Å²) in [5, 5.41) is 12.9. The number of hydrogen-bond acceptors (Lipinski definition) is 5. The van der Waals surface area contributed by atoms with E-state index in [1.54, 1.807) is 16.7 Å². The molecule has 0 bridgehead atoms. The number of halogens is 1. The Morgan fingerprint density at radius 3 is 3.05 bits per heavy atom. The molecule has 0 radical (unpaired) electrons. The van der Waals surface area contributed by atoms with Crippen LogP contribution >= 0.6 is 22.9 Å². The van der Waals surface area contributed by atoms with Crippen molar-refractivity contribution in [3.63, 3.8) is 0 Å². The van der Waals surface area contributed by atoms with E-state index >= 15 is 0 Å². The van der Waals surface area contributed by atoms with Crippen LogP contribution in [0.2, 0.25) is 5.15 Å². The van der Waals surface area contributed by atoms with Gasteiger partial charge in [-0.15, -0.1) is 11.3 Å². The van der Waals surface area contributed by atoms with Crippen molar-refractivity contribution < 1.29 is 9.72 Å². The minimum atomic E-state index is -0.538. The van der Waals surface area contributed by atoms with Crippen LogP contribution in [-0.4, -0.2) is 20.1 Å². The van der Waals surface area contributed by atoms with Crippen molar-refractivity contribution in [2.75, 3.05) is 0 Å². The second-order valence-electron chi connectivity index (χ2n) is 4.35. The molecular formula is C14H8ClN3O3S. The Kier molecular flexibility index (Phi) is 3.74. The van der Waals surface area contributed by atoms with E-state index in [9.17, 15) is 14.9 Å². The van der Waals surface area contributed by atoms with Crippen LogP contribution in [0.1, 0.15) is 16.1 Å². The Morgan fingerprint density at radius 1 is 1.45 bits per heavy atom. The van der Waals surface area contributed by atoms with Crippen molar-refractivity contribution in [1.29, 1.82) is 0 Å². The van der Waals surface area contributed by atoms with E-state index in [2.05, 4.69) is 4.98 Å². The van der Waals surface area contributed by atoms with E-state index in [-0.39, 0.29) is 17.0 Å². The third-order valence-electron chi connectivity index (χ3n) is 2.99. The summed E-state index contributed by atoms with van der Waals surface area (Å²) in [6.45, 7) is 0. The molecule has 22 heavy (non-hydrogen) atoms. The molecule has 0 saturated heterocycles. The number of nitro benzene ring substituents is 1. The van der Waals surface area contributed by atoms with Crippen LogP contribution in [0.3, 0.4) is 0 Å². The summed E-state index contributed by atoms with van der Waals surface area (Å²) >= 11 is 7.46. The van der Waals surface area contributed by atoms with E-state index in [1.165, 1.54) is 41.7 Å². The molecule has 0 spiro atoms. The molecule has 0 aliphatic heterocycles. The predicted octanol–water partition coefficient (Wildman–Crippen LogP) is 3.85. The zero-order chi connectivity index (χ0) is 15.7. The second kappa shape index (κ2) is 5.70. The molecule has 3 aromatic rings. The third kappa shape index (κ3) is 2.63. The Hall–Kier alpha value is -2.51. The maximum absolute atomic E-state index is 12.1. The van der Waals surface area contributed by atoms with Gasteiger partial charge in [0.25, 0.3) is 5.69 Å². The lowest BCUT2D eigenvalue weighted by molar-refractivity contribution is -0.384. The quantitative estimate of drug-likeness (QED) is 0.314.